The van der Waals surface area contributed by atoms with Gasteiger partial charge in [-0.3, -0.25) is 33.3 Å². The normalized spacial score (nSPS) is 29.1. The molecule has 0 aliphatic carbocycles. The lowest BCUT2D eigenvalue weighted by atomic mass is 10.1. The highest BCUT2D eigenvalue weighted by molar-refractivity contribution is 7.52. The Bertz CT molecular complexity index is 2000. The van der Waals surface area contributed by atoms with Gasteiger partial charge in [0.25, 0.3) is 17.5 Å². The highest BCUT2D eigenvalue weighted by Gasteiger charge is 2.49. The summed E-state index contributed by atoms with van der Waals surface area (Å²) in [6, 6.07) is 0. The van der Waals surface area contributed by atoms with Crippen LogP contribution in [0.15, 0.2) is 22.2 Å². The Morgan fingerprint density at radius 1 is 0.917 bits per heavy atom. The van der Waals surface area contributed by atoms with E-state index < -0.39 is 102 Å². The first-order valence-electron chi connectivity index (χ1n) is 13.8. The number of ether oxygens (including phenoxy) is 4. The summed E-state index contributed by atoms with van der Waals surface area (Å²) in [5, 5.41) is 31.5. The van der Waals surface area contributed by atoms with Crippen molar-refractivity contribution < 1.29 is 57.7 Å². The quantitative estimate of drug-likeness (QED) is 0.0642. The van der Waals surface area contributed by atoms with Gasteiger partial charge in [0.1, 0.15) is 43.0 Å². The lowest BCUT2D eigenvalue weighted by Gasteiger charge is -2.24. The van der Waals surface area contributed by atoms with Crippen molar-refractivity contribution in [3.63, 3.8) is 0 Å². The van der Waals surface area contributed by atoms with E-state index >= 15 is 0 Å². The number of aliphatic hydroxyl groups excluding tert-OH is 3. The minimum atomic E-state index is -4.71. The molecule has 2 fully saturated rings. The van der Waals surface area contributed by atoms with Crippen LogP contribution in [0.1, 0.15) is 12.5 Å². The molecule has 10 atom stereocenters. The molecule has 6 heterocycles. The number of nitrogen functional groups attached to an aromatic ring is 2. The number of fused-ring (bicyclic) bond motifs is 2. The molecule has 26 heteroatoms. The first-order valence-corrected chi connectivity index (χ1v) is 17.0. The molecular weight excluding hydrogens is 690 g/mol. The Balaban J connectivity index is 1.17. The number of aromatic amines is 2. The van der Waals surface area contributed by atoms with Crippen molar-refractivity contribution in [1.82, 2.24) is 39.0 Å². The highest BCUT2D eigenvalue weighted by Crippen LogP contribution is 2.45. The molecule has 0 bridgehead atoms. The molecule has 0 amide bonds. The van der Waals surface area contributed by atoms with E-state index in [9.17, 15) is 43.8 Å². The fourth-order valence-corrected chi connectivity index (χ4v) is 6.46. The van der Waals surface area contributed by atoms with E-state index in [1.54, 1.807) is 0 Å². The minimum absolute atomic E-state index is 0.0540. The van der Waals surface area contributed by atoms with E-state index in [2.05, 4.69) is 29.9 Å². The zero-order chi connectivity index (χ0) is 34.5. The Kier molecular flexibility index (Phi) is 9.43. The predicted molar refractivity (Wildman–Crippen MR) is 157 cm³/mol. The van der Waals surface area contributed by atoms with Gasteiger partial charge in [-0.25, -0.2) is 9.97 Å². The van der Waals surface area contributed by atoms with Gasteiger partial charge < -0.3 is 55.2 Å². The summed E-state index contributed by atoms with van der Waals surface area (Å²) in [5.41, 5.74) is 9.58. The third-order valence-corrected chi connectivity index (χ3v) is 8.90. The average Bonchev–Trinajstić information content (AvgIpc) is 3.77. The predicted octanol–water partition coefficient (Wildman–Crippen LogP) is -3.45. The fourth-order valence-electron chi connectivity index (χ4n) is 5.35. The number of H-pyrrole nitrogens is 2. The van der Waals surface area contributed by atoms with Crippen LogP contribution in [0.25, 0.3) is 22.3 Å². The van der Waals surface area contributed by atoms with Gasteiger partial charge in [0.15, 0.2) is 34.8 Å². The first-order chi connectivity index (χ1) is 22.8. The van der Waals surface area contributed by atoms with Gasteiger partial charge in [-0.2, -0.15) is 14.9 Å². The maximum atomic E-state index is 13.1. The van der Waals surface area contributed by atoms with Crippen LogP contribution in [0.5, 0.6) is 0 Å². The Hall–Kier alpha value is -3.77. The molecule has 48 heavy (non-hydrogen) atoms. The van der Waals surface area contributed by atoms with Gasteiger partial charge in [-0.15, -0.1) is 0 Å². The van der Waals surface area contributed by atoms with Crippen LogP contribution >= 0.6 is 15.6 Å². The van der Waals surface area contributed by atoms with E-state index in [1.165, 1.54) is 9.13 Å². The molecule has 11 N–H and O–H groups in total. The van der Waals surface area contributed by atoms with Gasteiger partial charge in [-0.05, 0) is 4.57 Å². The number of aliphatic hydroxyl groups is 3. The Morgan fingerprint density at radius 3 is 1.94 bits per heavy atom. The number of hydrogen-bond acceptors (Lipinski definition) is 18. The number of anilines is 2. The summed E-state index contributed by atoms with van der Waals surface area (Å²) >= 11 is 0. The maximum absolute atomic E-state index is 13.1. The lowest BCUT2D eigenvalue weighted by Crippen LogP contribution is -2.36. The van der Waals surface area contributed by atoms with E-state index in [1.807, 2.05) is 0 Å². The number of aromatic nitrogens is 8. The van der Waals surface area contributed by atoms with E-state index in [-0.39, 0.29) is 34.2 Å². The molecule has 4 aromatic heterocycles. The standard InChI is InChI=1S/C22H28N10O14P2/c23-21-27-15-9(17(36)29-21)25-3-31(15)19-13(42-5-47(38)39)12(35)8(46-19)2-44-48(40,41)6-43-14-11(34)7(1-33)45-20(14)32-4-26-10-16(32)28-22(24)30-18(10)37/h3-4,7-8,11-14,19-20,33-35H,1-2,5-6H2,(H7-,23,24,27,28,29,30,36,37,38,39,40,41)/p+1/t7-,8-,11?,12?,13?,14?,19-,20-/m1/s1. The van der Waals surface area contributed by atoms with Gasteiger partial charge in [0.2, 0.25) is 11.9 Å². The van der Waals surface area contributed by atoms with E-state index in [0.29, 0.717) is 0 Å². The van der Waals surface area contributed by atoms with Gasteiger partial charge in [0, 0.05) is 0 Å². The average molecular weight is 719 g/mol. The van der Waals surface area contributed by atoms with E-state index in [0.717, 1.165) is 12.7 Å². The van der Waals surface area contributed by atoms with Gasteiger partial charge >= 0.3 is 15.6 Å². The van der Waals surface area contributed by atoms with Crippen molar-refractivity contribution in [3.05, 3.63) is 33.4 Å². The summed E-state index contributed by atoms with van der Waals surface area (Å²) < 4.78 is 54.5. The van der Waals surface area contributed by atoms with Crippen LogP contribution in [0.4, 0.5) is 11.9 Å². The maximum Gasteiger partial charge on any atom is 0.534 e. The molecule has 24 nitrogen and oxygen atoms in total. The van der Waals surface area contributed by atoms with Crippen molar-refractivity contribution >= 4 is 49.8 Å². The number of nitrogens with zero attached hydrogens (tertiary/aromatic N) is 6. The van der Waals surface area contributed by atoms with Gasteiger partial charge in [-0.1, -0.05) is 0 Å². The van der Waals surface area contributed by atoms with E-state index in [4.69, 9.17) is 34.9 Å². The zero-order valence-corrected chi connectivity index (χ0v) is 26.0. The molecule has 0 spiro atoms. The Morgan fingerprint density at radius 2 is 1.42 bits per heavy atom. The number of nitrogens with one attached hydrogen (secondary N) is 2. The molecule has 4 aromatic rings. The Labute approximate surface area is 266 Å². The minimum Gasteiger partial charge on any atom is -0.394 e. The fraction of sp³-hybridized carbons (Fsp3) is 0.545. The molecule has 260 valence electrons. The zero-order valence-electron chi connectivity index (χ0n) is 24.2. The molecular formula is C22H29N10O14P2+. The molecule has 2 saturated heterocycles. The van der Waals surface area contributed by atoms with Gasteiger partial charge in [0.05, 0.1) is 25.9 Å². The SMILES string of the molecule is Nc1nc2c(ncn2[C@@H]2O[C@H](CO)C(O)C2OCP(=O)(O)OC[C@H]2O[C@@H](n3cnc4c(=O)[nH]c(N)nc43)C(OC[P+](=O)O)C2O)c(=O)[nH]1. The highest BCUT2D eigenvalue weighted by atomic mass is 31.2. The first kappa shape index (κ1) is 34.1. The smallest absolute Gasteiger partial charge is 0.394 e. The monoisotopic (exact) mass is 719 g/mol. The van der Waals surface area contributed by atoms with Crippen LogP contribution in [0, 0.1) is 0 Å². The van der Waals surface area contributed by atoms with Crippen molar-refractivity contribution in [3.8, 4) is 0 Å². The summed E-state index contributed by atoms with van der Waals surface area (Å²) in [5.74, 6) is -0.505. The van der Waals surface area contributed by atoms with Crippen molar-refractivity contribution in [1.29, 1.82) is 0 Å². The van der Waals surface area contributed by atoms with Crippen molar-refractivity contribution in [2.24, 2.45) is 0 Å². The van der Waals surface area contributed by atoms with Crippen molar-refractivity contribution in [2.45, 2.75) is 49.1 Å². The molecule has 0 saturated carbocycles. The third-order valence-electron chi connectivity index (χ3n) is 7.50. The molecule has 6 rings (SSSR count). The number of rotatable bonds is 12. The number of nitrogens with two attached hydrogens (primary N) is 2. The topological polar surface area (TPSA) is 361 Å². The summed E-state index contributed by atoms with van der Waals surface area (Å²) in [7, 11) is -7.52. The largest absolute Gasteiger partial charge is 0.534 e. The second kappa shape index (κ2) is 13.3. The lowest BCUT2D eigenvalue weighted by molar-refractivity contribution is -0.0675. The van der Waals surface area contributed by atoms with Crippen molar-refractivity contribution in [2.75, 3.05) is 37.4 Å². The number of imidazole rings is 2. The summed E-state index contributed by atoms with van der Waals surface area (Å²) in [4.78, 5) is 64.9. The van der Waals surface area contributed by atoms with Crippen LogP contribution in [0.2, 0.25) is 0 Å². The number of hydrogen-bond donors (Lipinski definition) is 9. The van der Waals surface area contributed by atoms with Crippen LogP contribution < -0.4 is 22.6 Å². The molecule has 0 aromatic carbocycles. The molecule has 0 radical (unpaired) electrons. The van der Waals surface area contributed by atoms with Crippen LogP contribution in [0.3, 0.4) is 0 Å². The molecule has 6 unspecified atom stereocenters. The third kappa shape index (κ3) is 6.48. The second-order valence-electron chi connectivity index (χ2n) is 10.7. The molecule has 2 aliphatic heterocycles. The summed E-state index contributed by atoms with van der Waals surface area (Å²) in [6.45, 7) is -1.41. The second-order valence-corrected chi connectivity index (χ2v) is 13.4. The molecule has 2 aliphatic rings. The van der Waals surface area contributed by atoms with Crippen LogP contribution in [-0.4, -0.2) is 127 Å². The summed E-state index contributed by atoms with van der Waals surface area (Å²) in [6.07, 6.45) is -10.6. The van der Waals surface area contributed by atoms with Crippen LogP contribution in [-0.2, 0) is 32.6 Å².